The van der Waals surface area contributed by atoms with Crippen LogP contribution < -0.4 is 10.6 Å². The van der Waals surface area contributed by atoms with Crippen LogP contribution in [0.3, 0.4) is 0 Å². The first-order valence-corrected chi connectivity index (χ1v) is 7.58. The Morgan fingerprint density at radius 2 is 1.70 bits per heavy atom. The molecule has 0 saturated heterocycles. The van der Waals surface area contributed by atoms with E-state index in [2.05, 4.69) is 10.6 Å². The largest absolute Gasteiger partial charge is 0.332 e. The van der Waals surface area contributed by atoms with Gasteiger partial charge in [-0.05, 0) is 68.4 Å². The molecule has 2 aromatic carbocycles. The van der Waals surface area contributed by atoms with E-state index in [4.69, 9.17) is 12.2 Å². The predicted octanol–water partition coefficient (Wildman–Crippen LogP) is 3.63. The Morgan fingerprint density at radius 1 is 0.957 bits per heavy atom. The maximum Gasteiger partial charge on any atom is 0.257 e. The van der Waals surface area contributed by atoms with Gasteiger partial charge in [0, 0.05) is 16.8 Å². The Labute approximate surface area is 140 Å². The van der Waals surface area contributed by atoms with E-state index in [0.29, 0.717) is 16.8 Å². The number of Topliss-reactive ketones (excluding diaryl/α,β-unsaturated/α-hetero) is 1. The van der Waals surface area contributed by atoms with Crippen molar-refractivity contribution >= 4 is 34.7 Å². The van der Waals surface area contributed by atoms with Crippen LogP contribution in [0, 0.1) is 13.8 Å². The van der Waals surface area contributed by atoms with Crippen molar-refractivity contribution in [2.75, 3.05) is 5.32 Å². The molecule has 0 heterocycles. The number of ketones is 1. The average Bonchev–Trinajstić information content (AvgIpc) is 2.50. The van der Waals surface area contributed by atoms with Gasteiger partial charge in [-0.15, -0.1) is 0 Å². The lowest BCUT2D eigenvalue weighted by molar-refractivity contribution is 0.0975. The fourth-order valence-corrected chi connectivity index (χ4v) is 2.25. The van der Waals surface area contributed by atoms with E-state index in [1.165, 1.54) is 6.92 Å². The predicted molar refractivity (Wildman–Crippen MR) is 96.0 cm³/mol. The van der Waals surface area contributed by atoms with Gasteiger partial charge in [0.1, 0.15) is 0 Å². The van der Waals surface area contributed by atoms with Crippen molar-refractivity contribution in [1.82, 2.24) is 5.32 Å². The van der Waals surface area contributed by atoms with E-state index in [-0.39, 0.29) is 16.8 Å². The van der Waals surface area contributed by atoms with Crippen LogP contribution in [0.25, 0.3) is 0 Å². The molecule has 2 rings (SSSR count). The lowest BCUT2D eigenvalue weighted by Gasteiger charge is -2.11. The zero-order valence-electron chi connectivity index (χ0n) is 13.3. The molecule has 0 unspecified atom stereocenters. The number of thiocarbonyl (C=S) groups is 1. The van der Waals surface area contributed by atoms with E-state index in [1.807, 2.05) is 26.0 Å². The molecule has 118 valence electrons. The molecule has 4 nitrogen and oxygen atoms in total. The van der Waals surface area contributed by atoms with E-state index < -0.39 is 0 Å². The van der Waals surface area contributed by atoms with Crippen LogP contribution in [0.5, 0.6) is 0 Å². The number of hydrogen-bond acceptors (Lipinski definition) is 3. The first kappa shape index (κ1) is 16.8. The van der Waals surface area contributed by atoms with Crippen LogP contribution >= 0.6 is 12.2 Å². The highest BCUT2D eigenvalue weighted by Gasteiger charge is 2.09. The molecule has 5 heteroatoms. The highest BCUT2D eigenvalue weighted by atomic mass is 32.1. The van der Waals surface area contributed by atoms with Crippen LogP contribution in [-0.4, -0.2) is 16.8 Å². The van der Waals surface area contributed by atoms with Gasteiger partial charge in [-0.1, -0.05) is 18.2 Å². The van der Waals surface area contributed by atoms with Crippen LogP contribution in [-0.2, 0) is 0 Å². The van der Waals surface area contributed by atoms with Crippen LogP contribution in [0.4, 0.5) is 5.69 Å². The molecule has 0 bridgehead atoms. The molecular formula is C18H18N2O2S. The molecule has 0 aliphatic carbocycles. The molecule has 2 aromatic rings. The summed E-state index contributed by atoms with van der Waals surface area (Å²) in [5.41, 5.74) is 3.96. The first-order valence-electron chi connectivity index (χ1n) is 7.17. The van der Waals surface area contributed by atoms with Gasteiger partial charge in [0.15, 0.2) is 10.9 Å². The molecule has 0 aliphatic rings. The van der Waals surface area contributed by atoms with Crippen molar-refractivity contribution < 1.29 is 9.59 Å². The second-order valence-electron chi connectivity index (χ2n) is 5.34. The molecule has 1 amide bonds. The van der Waals surface area contributed by atoms with E-state index in [1.54, 1.807) is 30.3 Å². The summed E-state index contributed by atoms with van der Waals surface area (Å²) in [4.78, 5) is 23.6. The second-order valence-corrected chi connectivity index (χ2v) is 5.75. The third kappa shape index (κ3) is 4.47. The van der Waals surface area contributed by atoms with Gasteiger partial charge in [-0.25, -0.2) is 0 Å². The van der Waals surface area contributed by atoms with Crippen molar-refractivity contribution in [3.8, 4) is 0 Å². The molecule has 0 aliphatic heterocycles. The molecule has 0 saturated carbocycles. The minimum absolute atomic E-state index is 0.0289. The van der Waals surface area contributed by atoms with Crippen LogP contribution in [0.1, 0.15) is 38.8 Å². The normalized spacial score (nSPS) is 10.0. The standard InChI is InChI=1S/C18H18N2O2S/c1-11-7-8-15(9-12(11)2)17(22)20-18(23)19-16-6-4-5-14(10-16)13(3)21/h4-10H,1-3H3,(H2,19,20,22,23). The number of nitrogens with one attached hydrogen (secondary N) is 2. The average molecular weight is 326 g/mol. The van der Waals surface area contributed by atoms with Crippen molar-refractivity contribution in [3.05, 3.63) is 64.7 Å². The van der Waals surface area contributed by atoms with Crippen molar-refractivity contribution in [2.24, 2.45) is 0 Å². The highest BCUT2D eigenvalue weighted by Crippen LogP contribution is 2.12. The first-order chi connectivity index (χ1) is 10.9. The number of benzene rings is 2. The van der Waals surface area contributed by atoms with Gasteiger partial charge in [-0.3, -0.25) is 14.9 Å². The summed E-state index contributed by atoms with van der Waals surface area (Å²) in [5.74, 6) is -0.299. The zero-order valence-corrected chi connectivity index (χ0v) is 14.1. The molecule has 23 heavy (non-hydrogen) atoms. The Bertz CT molecular complexity index is 784. The van der Waals surface area contributed by atoms with Gasteiger partial charge in [-0.2, -0.15) is 0 Å². The summed E-state index contributed by atoms with van der Waals surface area (Å²) >= 11 is 5.15. The summed E-state index contributed by atoms with van der Waals surface area (Å²) in [6.45, 7) is 5.44. The summed E-state index contributed by atoms with van der Waals surface area (Å²) in [7, 11) is 0. The number of aryl methyl sites for hydroxylation is 2. The number of hydrogen-bond donors (Lipinski definition) is 2. The lowest BCUT2D eigenvalue weighted by Crippen LogP contribution is -2.34. The number of rotatable bonds is 3. The monoisotopic (exact) mass is 326 g/mol. The van der Waals surface area contributed by atoms with Gasteiger partial charge in [0.25, 0.3) is 5.91 Å². The Morgan fingerprint density at radius 3 is 2.35 bits per heavy atom. The maximum atomic E-state index is 12.2. The topological polar surface area (TPSA) is 58.2 Å². The van der Waals surface area contributed by atoms with Crippen LogP contribution in [0.15, 0.2) is 42.5 Å². The number of amides is 1. The Balaban J connectivity index is 2.04. The van der Waals surface area contributed by atoms with Crippen molar-refractivity contribution in [3.63, 3.8) is 0 Å². The van der Waals surface area contributed by atoms with Gasteiger partial charge in [0.2, 0.25) is 0 Å². The van der Waals surface area contributed by atoms with Gasteiger partial charge in [0.05, 0.1) is 0 Å². The summed E-state index contributed by atoms with van der Waals surface area (Å²) in [5, 5.41) is 5.74. The smallest absolute Gasteiger partial charge is 0.257 e. The molecular weight excluding hydrogens is 308 g/mol. The highest BCUT2D eigenvalue weighted by molar-refractivity contribution is 7.80. The van der Waals surface area contributed by atoms with E-state index in [9.17, 15) is 9.59 Å². The minimum Gasteiger partial charge on any atom is -0.332 e. The third-order valence-corrected chi connectivity index (χ3v) is 3.73. The molecule has 0 radical (unpaired) electrons. The van der Waals surface area contributed by atoms with Crippen molar-refractivity contribution in [2.45, 2.75) is 20.8 Å². The summed E-state index contributed by atoms with van der Waals surface area (Å²) in [6, 6.07) is 12.4. The lowest BCUT2D eigenvalue weighted by atomic mass is 10.1. The maximum absolute atomic E-state index is 12.2. The van der Waals surface area contributed by atoms with E-state index >= 15 is 0 Å². The minimum atomic E-state index is -0.270. The summed E-state index contributed by atoms with van der Waals surface area (Å²) < 4.78 is 0. The Kier molecular flexibility index (Phi) is 5.24. The number of carbonyl (C=O) groups is 2. The third-order valence-electron chi connectivity index (χ3n) is 3.52. The van der Waals surface area contributed by atoms with Gasteiger partial charge >= 0.3 is 0 Å². The van der Waals surface area contributed by atoms with E-state index in [0.717, 1.165) is 11.1 Å². The zero-order chi connectivity index (χ0) is 17.0. The quantitative estimate of drug-likeness (QED) is 0.668. The fraction of sp³-hybridized carbons (Fsp3) is 0.167. The fourth-order valence-electron chi connectivity index (χ4n) is 2.04. The molecule has 0 atom stereocenters. The van der Waals surface area contributed by atoms with Crippen molar-refractivity contribution in [1.29, 1.82) is 0 Å². The molecule has 0 fully saturated rings. The van der Waals surface area contributed by atoms with Crippen LogP contribution in [0.2, 0.25) is 0 Å². The number of carbonyl (C=O) groups excluding carboxylic acids is 2. The summed E-state index contributed by atoms with van der Waals surface area (Å²) in [6.07, 6.45) is 0. The molecule has 0 spiro atoms. The van der Waals surface area contributed by atoms with Gasteiger partial charge < -0.3 is 5.32 Å². The Hall–Kier alpha value is -2.53. The SMILES string of the molecule is CC(=O)c1cccc(NC(=S)NC(=O)c2ccc(C)c(C)c2)c1. The molecule has 2 N–H and O–H groups in total. The molecule has 0 aromatic heterocycles. The number of anilines is 1. The second kappa shape index (κ2) is 7.15.